The Bertz CT molecular complexity index is 801. The summed E-state index contributed by atoms with van der Waals surface area (Å²) in [6, 6.07) is 13.6. The first-order valence-electron chi connectivity index (χ1n) is 7.68. The van der Waals surface area contributed by atoms with Crippen LogP contribution in [-0.4, -0.2) is 19.9 Å². The zero-order valence-corrected chi connectivity index (χ0v) is 13.1. The normalized spacial score (nSPS) is 10.7. The van der Waals surface area contributed by atoms with Gasteiger partial charge in [-0.1, -0.05) is 12.1 Å². The van der Waals surface area contributed by atoms with E-state index in [4.69, 9.17) is 5.73 Å². The van der Waals surface area contributed by atoms with Gasteiger partial charge in [0.05, 0.1) is 0 Å². The summed E-state index contributed by atoms with van der Waals surface area (Å²) in [6.45, 7) is 1.96. The molecule has 0 aromatic carbocycles. The molecule has 0 fully saturated rings. The molecule has 0 radical (unpaired) electrons. The van der Waals surface area contributed by atoms with Gasteiger partial charge in [-0.25, -0.2) is 19.9 Å². The summed E-state index contributed by atoms with van der Waals surface area (Å²) in [7, 11) is 0. The minimum atomic E-state index is 0.567. The topological polar surface area (TPSA) is 77.6 Å². The SMILES string of the molecule is Cc1cccc(-c2nccc(CCCc3cccc(N)n3)n2)n1. The highest BCUT2D eigenvalue weighted by Crippen LogP contribution is 2.13. The molecule has 0 aliphatic heterocycles. The van der Waals surface area contributed by atoms with Crippen molar-refractivity contribution in [1.29, 1.82) is 0 Å². The third-order valence-corrected chi connectivity index (χ3v) is 3.52. The molecule has 23 heavy (non-hydrogen) atoms. The Morgan fingerprint density at radius 2 is 1.65 bits per heavy atom. The molecular formula is C18H19N5. The van der Waals surface area contributed by atoms with Gasteiger partial charge in [0.2, 0.25) is 0 Å². The predicted octanol–water partition coefficient (Wildman–Crippen LogP) is 3.00. The molecule has 5 nitrogen and oxygen atoms in total. The molecule has 3 heterocycles. The number of anilines is 1. The van der Waals surface area contributed by atoms with E-state index in [9.17, 15) is 0 Å². The fourth-order valence-electron chi connectivity index (χ4n) is 2.41. The molecule has 0 aliphatic rings. The van der Waals surface area contributed by atoms with Crippen LogP contribution in [0, 0.1) is 6.92 Å². The van der Waals surface area contributed by atoms with Crippen molar-refractivity contribution in [2.75, 3.05) is 5.73 Å². The molecule has 2 N–H and O–H groups in total. The van der Waals surface area contributed by atoms with Gasteiger partial charge in [0, 0.05) is 23.3 Å². The lowest BCUT2D eigenvalue weighted by Gasteiger charge is -2.05. The van der Waals surface area contributed by atoms with Gasteiger partial charge in [-0.2, -0.15) is 0 Å². The van der Waals surface area contributed by atoms with Gasteiger partial charge in [0.15, 0.2) is 5.82 Å². The molecule has 3 rings (SSSR count). The lowest BCUT2D eigenvalue weighted by atomic mass is 10.1. The van der Waals surface area contributed by atoms with E-state index in [0.717, 1.165) is 42.0 Å². The second-order valence-electron chi connectivity index (χ2n) is 5.44. The van der Waals surface area contributed by atoms with E-state index in [2.05, 4.69) is 19.9 Å². The molecule has 0 amide bonds. The van der Waals surface area contributed by atoms with Crippen molar-refractivity contribution in [3.05, 3.63) is 65.7 Å². The van der Waals surface area contributed by atoms with Crippen molar-refractivity contribution < 1.29 is 0 Å². The summed E-state index contributed by atoms with van der Waals surface area (Å²) in [4.78, 5) is 17.7. The lowest BCUT2D eigenvalue weighted by molar-refractivity contribution is 0.779. The van der Waals surface area contributed by atoms with E-state index in [0.29, 0.717) is 11.6 Å². The number of hydrogen-bond acceptors (Lipinski definition) is 5. The molecule has 0 unspecified atom stereocenters. The van der Waals surface area contributed by atoms with Crippen LogP contribution in [0.2, 0.25) is 0 Å². The molecule has 0 saturated heterocycles. The van der Waals surface area contributed by atoms with Crippen LogP contribution in [0.4, 0.5) is 5.82 Å². The summed E-state index contributed by atoms with van der Waals surface area (Å²) in [5.41, 5.74) is 9.50. The van der Waals surface area contributed by atoms with Crippen molar-refractivity contribution in [1.82, 2.24) is 19.9 Å². The Kier molecular flexibility index (Phi) is 4.57. The maximum Gasteiger partial charge on any atom is 0.178 e. The van der Waals surface area contributed by atoms with E-state index < -0.39 is 0 Å². The minimum Gasteiger partial charge on any atom is -0.384 e. The molecule has 0 saturated carbocycles. The minimum absolute atomic E-state index is 0.567. The average Bonchev–Trinajstić information content (AvgIpc) is 2.55. The fourth-order valence-corrected chi connectivity index (χ4v) is 2.41. The van der Waals surface area contributed by atoms with E-state index >= 15 is 0 Å². The van der Waals surface area contributed by atoms with E-state index in [1.165, 1.54) is 0 Å². The summed E-state index contributed by atoms with van der Waals surface area (Å²) in [5.74, 6) is 1.24. The highest BCUT2D eigenvalue weighted by atomic mass is 14.9. The first-order valence-corrected chi connectivity index (χ1v) is 7.68. The van der Waals surface area contributed by atoms with Gasteiger partial charge in [0.1, 0.15) is 11.5 Å². The summed E-state index contributed by atoms with van der Waals surface area (Å²) < 4.78 is 0. The average molecular weight is 305 g/mol. The molecule has 116 valence electrons. The van der Waals surface area contributed by atoms with Gasteiger partial charge < -0.3 is 5.73 Å². The molecular weight excluding hydrogens is 286 g/mol. The predicted molar refractivity (Wildman–Crippen MR) is 90.7 cm³/mol. The van der Waals surface area contributed by atoms with Crippen LogP contribution < -0.4 is 5.73 Å². The van der Waals surface area contributed by atoms with Crippen molar-refractivity contribution >= 4 is 5.82 Å². The largest absolute Gasteiger partial charge is 0.384 e. The maximum absolute atomic E-state index is 5.70. The number of nitrogens with zero attached hydrogens (tertiary/aromatic N) is 4. The first kappa shape index (κ1) is 15.1. The quantitative estimate of drug-likeness (QED) is 0.784. The number of nitrogen functional groups attached to an aromatic ring is 1. The van der Waals surface area contributed by atoms with Crippen molar-refractivity contribution in [3.63, 3.8) is 0 Å². The molecule has 0 spiro atoms. The van der Waals surface area contributed by atoms with Crippen LogP contribution in [0.25, 0.3) is 11.5 Å². The number of aryl methyl sites for hydroxylation is 3. The van der Waals surface area contributed by atoms with Crippen molar-refractivity contribution in [2.45, 2.75) is 26.2 Å². The number of rotatable bonds is 5. The third kappa shape index (κ3) is 4.10. The van der Waals surface area contributed by atoms with Crippen LogP contribution in [0.5, 0.6) is 0 Å². The fraction of sp³-hybridized carbons (Fsp3) is 0.222. The van der Waals surface area contributed by atoms with Crippen LogP contribution >= 0.6 is 0 Å². The number of aromatic nitrogens is 4. The molecule has 3 aromatic heterocycles. The van der Waals surface area contributed by atoms with E-state index in [-0.39, 0.29) is 0 Å². The van der Waals surface area contributed by atoms with Gasteiger partial charge in [-0.15, -0.1) is 0 Å². The summed E-state index contributed by atoms with van der Waals surface area (Å²) in [6.07, 6.45) is 4.51. The van der Waals surface area contributed by atoms with Crippen molar-refractivity contribution in [2.24, 2.45) is 0 Å². The molecule has 0 bridgehead atoms. The number of nitrogens with two attached hydrogens (primary N) is 1. The Labute approximate surface area is 135 Å². The van der Waals surface area contributed by atoms with Crippen LogP contribution in [0.3, 0.4) is 0 Å². The Morgan fingerprint density at radius 1 is 0.870 bits per heavy atom. The van der Waals surface area contributed by atoms with Gasteiger partial charge in [0.25, 0.3) is 0 Å². The smallest absolute Gasteiger partial charge is 0.178 e. The second kappa shape index (κ2) is 6.96. The van der Waals surface area contributed by atoms with E-state index in [1.807, 2.05) is 43.3 Å². The Hall–Kier alpha value is -2.82. The van der Waals surface area contributed by atoms with E-state index in [1.54, 1.807) is 12.3 Å². The maximum atomic E-state index is 5.70. The zero-order chi connectivity index (χ0) is 16.1. The monoisotopic (exact) mass is 305 g/mol. The van der Waals surface area contributed by atoms with Gasteiger partial charge >= 0.3 is 0 Å². The van der Waals surface area contributed by atoms with Gasteiger partial charge in [-0.3, -0.25) is 0 Å². The zero-order valence-electron chi connectivity index (χ0n) is 13.1. The van der Waals surface area contributed by atoms with Crippen LogP contribution in [0.15, 0.2) is 48.7 Å². The molecule has 0 aliphatic carbocycles. The number of hydrogen-bond donors (Lipinski definition) is 1. The Morgan fingerprint density at radius 3 is 2.43 bits per heavy atom. The van der Waals surface area contributed by atoms with Crippen molar-refractivity contribution in [3.8, 4) is 11.5 Å². The third-order valence-electron chi connectivity index (χ3n) is 3.52. The van der Waals surface area contributed by atoms with Gasteiger partial charge in [-0.05, 0) is 56.5 Å². The highest BCUT2D eigenvalue weighted by molar-refractivity contribution is 5.48. The van der Waals surface area contributed by atoms with Crippen LogP contribution in [-0.2, 0) is 12.8 Å². The molecule has 0 atom stereocenters. The number of pyridine rings is 2. The Balaban J connectivity index is 1.66. The van der Waals surface area contributed by atoms with Crippen LogP contribution in [0.1, 0.15) is 23.5 Å². The summed E-state index contributed by atoms with van der Waals surface area (Å²) >= 11 is 0. The molecule has 3 aromatic rings. The highest BCUT2D eigenvalue weighted by Gasteiger charge is 2.05. The summed E-state index contributed by atoms with van der Waals surface area (Å²) in [5, 5.41) is 0. The molecule has 5 heteroatoms. The lowest BCUT2D eigenvalue weighted by Crippen LogP contribution is -2.00. The second-order valence-corrected chi connectivity index (χ2v) is 5.44. The first-order chi connectivity index (χ1) is 11.2. The standard InChI is InChI=1S/C18H19N5/c1-13-5-2-9-16(21-13)18-20-12-11-15(23-18)7-3-6-14-8-4-10-17(19)22-14/h2,4-5,8-12H,3,6-7H2,1H3,(H2,19,22).